The van der Waals surface area contributed by atoms with Gasteiger partial charge >= 0.3 is 0 Å². The molecule has 1 heterocycles. The lowest BCUT2D eigenvalue weighted by Crippen LogP contribution is -2.58. The van der Waals surface area contributed by atoms with E-state index in [1.54, 1.807) is 0 Å². The summed E-state index contributed by atoms with van der Waals surface area (Å²) in [5.41, 5.74) is 4.50. The lowest BCUT2D eigenvalue weighted by atomic mass is 9.83. The summed E-state index contributed by atoms with van der Waals surface area (Å²) in [6.45, 7) is 11.7. The van der Waals surface area contributed by atoms with Crippen molar-refractivity contribution in [3.8, 4) is 0 Å². The largest absolute Gasteiger partial charge is 0.315 e. The molecular weight excluding hydrogens is 256 g/mol. The fourth-order valence-corrected chi connectivity index (χ4v) is 3.72. The van der Waals surface area contributed by atoms with Gasteiger partial charge in [-0.3, -0.25) is 4.90 Å². The van der Waals surface area contributed by atoms with E-state index in [0.717, 1.165) is 6.42 Å². The normalized spacial score (nSPS) is 20.4. The van der Waals surface area contributed by atoms with Crippen molar-refractivity contribution >= 4 is 0 Å². The van der Waals surface area contributed by atoms with Gasteiger partial charge in [0.05, 0.1) is 0 Å². The van der Waals surface area contributed by atoms with E-state index in [9.17, 15) is 0 Å². The van der Waals surface area contributed by atoms with Crippen molar-refractivity contribution in [2.75, 3.05) is 20.1 Å². The number of rotatable bonds is 6. The summed E-state index contributed by atoms with van der Waals surface area (Å²) in [5.74, 6) is 0. The van der Waals surface area contributed by atoms with Gasteiger partial charge in [-0.25, -0.2) is 0 Å². The van der Waals surface area contributed by atoms with Gasteiger partial charge < -0.3 is 5.32 Å². The molecule has 1 aromatic rings. The number of likely N-dealkylation sites (tertiary alicyclic amines) is 1. The van der Waals surface area contributed by atoms with Crippen molar-refractivity contribution in [1.29, 1.82) is 0 Å². The first-order valence-electron chi connectivity index (χ1n) is 8.49. The monoisotopic (exact) mass is 288 g/mol. The van der Waals surface area contributed by atoms with Crippen LogP contribution in [0, 0.1) is 13.8 Å². The van der Waals surface area contributed by atoms with E-state index in [1.807, 2.05) is 0 Å². The predicted octanol–water partition coefficient (Wildman–Crippen LogP) is 3.70. The molecule has 1 aliphatic heterocycles. The predicted molar refractivity (Wildman–Crippen MR) is 92.0 cm³/mol. The minimum absolute atomic E-state index is 0.254. The Balaban J connectivity index is 2.18. The second kappa shape index (κ2) is 6.93. The molecule has 118 valence electrons. The van der Waals surface area contributed by atoms with Crippen LogP contribution >= 0.6 is 0 Å². The maximum absolute atomic E-state index is 3.61. The number of hydrogen-bond donors (Lipinski definition) is 1. The minimum atomic E-state index is 0.254. The summed E-state index contributed by atoms with van der Waals surface area (Å²) in [6, 6.07) is 7.42. The molecule has 0 spiro atoms. The molecule has 21 heavy (non-hydrogen) atoms. The quantitative estimate of drug-likeness (QED) is 0.858. The highest BCUT2D eigenvalue weighted by atomic mass is 15.2. The van der Waals surface area contributed by atoms with Gasteiger partial charge in [-0.1, -0.05) is 25.1 Å². The van der Waals surface area contributed by atoms with Crippen LogP contribution in [0.3, 0.4) is 0 Å². The van der Waals surface area contributed by atoms with Gasteiger partial charge in [0.15, 0.2) is 0 Å². The third kappa shape index (κ3) is 3.49. The van der Waals surface area contributed by atoms with Crippen LogP contribution in [0.5, 0.6) is 0 Å². The molecule has 0 aliphatic carbocycles. The maximum atomic E-state index is 3.61. The number of nitrogens with zero attached hydrogens (tertiary/aromatic N) is 1. The van der Waals surface area contributed by atoms with Crippen LogP contribution in [0.25, 0.3) is 0 Å². The Morgan fingerprint density at radius 1 is 1.19 bits per heavy atom. The summed E-state index contributed by atoms with van der Waals surface area (Å²) >= 11 is 0. The van der Waals surface area contributed by atoms with Crippen LogP contribution in [-0.2, 0) is 6.42 Å². The number of likely N-dealkylation sites (N-methyl/N-ethyl adjacent to an activating group) is 1. The molecule has 0 radical (unpaired) electrons. The van der Waals surface area contributed by atoms with Crippen molar-refractivity contribution in [3.63, 3.8) is 0 Å². The van der Waals surface area contributed by atoms with Gasteiger partial charge in [-0.05, 0) is 83.3 Å². The van der Waals surface area contributed by atoms with Crippen molar-refractivity contribution in [2.45, 2.75) is 65.0 Å². The van der Waals surface area contributed by atoms with Crippen LogP contribution in [0.15, 0.2) is 18.2 Å². The molecule has 1 fully saturated rings. The number of aryl methyl sites for hydroxylation is 2. The highest BCUT2D eigenvalue weighted by molar-refractivity contribution is 5.30. The molecule has 0 amide bonds. The Kier molecular flexibility index (Phi) is 5.45. The van der Waals surface area contributed by atoms with Gasteiger partial charge in [0.1, 0.15) is 0 Å². The Labute approximate surface area is 130 Å². The zero-order chi connectivity index (χ0) is 15.5. The fourth-order valence-electron chi connectivity index (χ4n) is 3.72. The minimum Gasteiger partial charge on any atom is -0.315 e. The van der Waals surface area contributed by atoms with E-state index < -0.39 is 0 Å². The first-order valence-corrected chi connectivity index (χ1v) is 8.49. The Bertz CT molecular complexity index is 463. The first-order chi connectivity index (χ1) is 10.0. The second-order valence-corrected chi connectivity index (χ2v) is 6.87. The molecule has 1 aromatic carbocycles. The highest BCUT2D eigenvalue weighted by Crippen LogP contribution is 2.29. The molecule has 2 nitrogen and oxygen atoms in total. The van der Waals surface area contributed by atoms with E-state index in [2.05, 4.69) is 63.2 Å². The smallest absolute Gasteiger partial charge is 0.0334 e. The summed E-state index contributed by atoms with van der Waals surface area (Å²) in [7, 11) is 2.12. The van der Waals surface area contributed by atoms with Crippen LogP contribution in [0.4, 0.5) is 0 Å². The molecule has 1 saturated heterocycles. The van der Waals surface area contributed by atoms with Gasteiger partial charge in [0.2, 0.25) is 0 Å². The van der Waals surface area contributed by atoms with Crippen LogP contribution in [0.2, 0.25) is 0 Å². The molecule has 0 bridgehead atoms. The summed E-state index contributed by atoms with van der Waals surface area (Å²) in [4.78, 5) is 2.70. The molecule has 0 aromatic heterocycles. The van der Waals surface area contributed by atoms with E-state index in [0.29, 0.717) is 6.04 Å². The molecule has 1 aliphatic rings. The molecule has 2 atom stereocenters. The van der Waals surface area contributed by atoms with Gasteiger partial charge in [0, 0.05) is 11.6 Å². The van der Waals surface area contributed by atoms with Gasteiger partial charge in [-0.15, -0.1) is 0 Å². The lowest BCUT2D eigenvalue weighted by molar-refractivity contribution is 0.0873. The lowest BCUT2D eigenvalue weighted by Gasteiger charge is -2.44. The Morgan fingerprint density at radius 3 is 2.38 bits per heavy atom. The Hall–Kier alpha value is -0.860. The summed E-state index contributed by atoms with van der Waals surface area (Å²) in [5, 5.41) is 3.61. The molecule has 2 unspecified atom stereocenters. The van der Waals surface area contributed by atoms with Crippen molar-refractivity contribution < 1.29 is 0 Å². The van der Waals surface area contributed by atoms with Crippen molar-refractivity contribution in [2.24, 2.45) is 0 Å². The average Bonchev–Trinajstić information content (AvgIpc) is 3.02. The summed E-state index contributed by atoms with van der Waals surface area (Å²) < 4.78 is 0. The fraction of sp³-hybridized carbons (Fsp3) is 0.684. The standard InChI is InChI=1S/C19H32N2/c1-6-19(4,21-11-7-8-12-21)18(20-5)14-17-10-9-15(2)16(3)13-17/h9-10,13,18,20H,6-8,11-12,14H2,1-5H3. The number of benzene rings is 1. The zero-order valence-electron chi connectivity index (χ0n) is 14.5. The Morgan fingerprint density at radius 2 is 1.86 bits per heavy atom. The number of hydrogen-bond acceptors (Lipinski definition) is 2. The van der Waals surface area contributed by atoms with E-state index >= 15 is 0 Å². The second-order valence-electron chi connectivity index (χ2n) is 6.87. The molecule has 1 N–H and O–H groups in total. The van der Waals surface area contributed by atoms with Crippen LogP contribution < -0.4 is 5.32 Å². The van der Waals surface area contributed by atoms with E-state index in [-0.39, 0.29) is 5.54 Å². The number of nitrogens with one attached hydrogen (secondary N) is 1. The average molecular weight is 288 g/mol. The maximum Gasteiger partial charge on any atom is 0.0334 e. The zero-order valence-corrected chi connectivity index (χ0v) is 14.5. The van der Waals surface area contributed by atoms with Crippen LogP contribution in [0.1, 0.15) is 49.8 Å². The van der Waals surface area contributed by atoms with Crippen LogP contribution in [-0.4, -0.2) is 36.6 Å². The first kappa shape index (κ1) is 16.5. The topological polar surface area (TPSA) is 15.3 Å². The molecular formula is C19H32N2. The highest BCUT2D eigenvalue weighted by Gasteiger charge is 2.38. The third-order valence-corrected chi connectivity index (χ3v) is 5.65. The molecule has 2 heteroatoms. The molecule has 0 saturated carbocycles. The molecule has 2 rings (SSSR count). The van der Waals surface area contributed by atoms with E-state index in [4.69, 9.17) is 0 Å². The third-order valence-electron chi connectivity index (χ3n) is 5.65. The van der Waals surface area contributed by atoms with Crippen molar-refractivity contribution in [3.05, 3.63) is 34.9 Å². The van der Waals surface area contributed by atoms with Gasteiger partial charge in [0.25, 0.3) is 0 Å². The SMILES string of the molecule is CCC(C)(C(Cc1ccc(C)c(C)c1)NC)N1CCCC1. The van der Waals surface area contributed by atoms with E-state index in [1.165, 1.54) is 49.0 Å². The van der Waals surface area contributed by atoms with Gasteiger partial charge in [-0.2, -0.15) is 0 Å². The summed E-state index contributed by atoms with van der Waals surface area (Å²) in [6.07, 6.45) is 5.02. The van der Waals surface area contributed by atoms with Crippen molar-refractivity contribution in [1.82, 2.24) is 10.2 Å².